The van der Waals surface area contributed by atoms with Crippen LogP contribution in [0.5, 0.6) is 11.5 Å². The molecule has 0 aliphatic heterocycles. The molecule has 1 aliphatic carbocycles. The van der Waals surface area contributed by atoms with Gasteiger partial charge in [0.15, 0.2) is 5.65 Å². The molecule has 0 spiro atoms. The predicted molar refractivity (Wildman–Crippen MR) is 141 cm³/mol. The monoisotopic (exact) mass is 540 g/mol. The summed E-state index contributed by atoms with van der Waals surface area (Å²) in [6, 6.07) is 11.3. The van der Waals surface area contributed by atoms with Crippen LogP contribution in [-0.2, 0) is 0 Å². The first-order valence-corrected chi connectivity index (χ1v) is 12.7. The Hall–Kier alpha value is -4.08. The van der Waals surface area contributed by atoms with Crippen molar-refractivity contribution in [3.05, 3.63) is 77.4 Å². The van der Waals surface area contributed by atoms with E-state index < -0.39 is 18.4 Å². The van der Waals surface area contributed by atoms with Crippen LogP contribution in [0.15, 0.2) is 54.9 Å². The highest BCUT2D eigenvalue weighted by Gasteiger charge is 2.34. The Labute approximate surface area is 223 Å². The van der Waals surface area contributed by atoms with Crippen LogP contribution in [0.3, 0.4) is 0 Å². The number of nitrogens with one attached hydrogen (secondary N) is 2. The number of carbonyl (C=O) groups is 1. The van der Waals surface area contributed by atoms with Crippen LogP contribution in [0.1, 0.15) is 41.3 Å². The number of aromatic nitrogens is 2. The van der Waals surface area contributed by atoms with Gasteiger partial charge in [-0.1, -0.05) is 19.1 Å². The first-order chi connectivity index (χ1) is 18.5. The molecule has 0 unspecified atom stereocenters. The summed E-state index contributed by atoms with van der Waals surface area (Å²) in [5.41, 5.74) is 4.19. The number of alkyl halides is 3. The summed E-state index contributed by atoms with van der Waals surface area (Å²) in [5, 5.41) is 5.85. The fourth-order valence-electron chi connectivity index (χ4n) is 4.46. The van der Waals surface area contributed by atoms with Gasteiger partial charge < -0.3 is 15.4 Å². The lowest BCUT2D eigenvalue weighted by atomic mass is 10.0. The summed E-state index contributed by atoms with van der Waals surface area (Å²) in [4.78, 5) is 17.2. The second-order valence-corrected chi connectivity index (χ2v) is 10.1. The highest BCUT2D eigenvalue weighted by Crippen LogP contribution is 2.34. The average Bonchev–Trinajstić information content (AvgIpc) is 3.37. The highest BCUT2D eigenvalue weighted by atomic mass is 19.4. The highest BCUT2D eigenvalue weighted by molar-refractivity contribution is 5.96. The van der Waals surface area contributed by atoms with Crippen molar-refractivity contribution in [3.8, 4) is 22.8 Å². The number of amides is 1. The third-order valence-electron chi connectivity index (χ3n) is 6.88. The molecule has 1 aliphatic rings. The van der Waals surface area contributed by atoms with E-state index in [-0.39, 0.29) is 30.0 Å². The van der Waals surface area contributed by atoms with E-state index in [1.54, 1.807) is 41.9 Å². The molecule has 39 heavy (non-hydrogen) atoms. The van der Waals surface area contributed by atoms with Crippen LogP contribution >= 0.6 is 0 Å². The van der Waals surface area contributed by atoms with Gasteiger partial charge in [0.05, 0.1) is 30.2 Å². The summed E-state index contributed by atoms with van der Waals surface area (Å²) in [6.45, 7) is 5.35. The molecular formula is C29H28F4N4O2. The van der Waals surface area contributed by atoms with Gasteiger partial charge in [-0.05, 0) is 55.5 Å². The molecule has 2 heterocycles. The molecule has 6 nitrogen and oxygen atoms in total. The number of pyridine rings is 1. The van der Waals surface area contributed by atoms with Crippen molar-refractivity contribution in [2.24, 2.45) is 5.92 Å². The fourth-order valence-corrected chi connectivity index (χ4v) is 4.46. The number of hydrogen-bond donors (Lipinski definition) is 2. The van der Waals surface area contributed by atoms with Gasteiger partial charge in [0, 0.05) is 35.8 Å². The quantitative estimate of drug-likeness (QED) is 0.235. The maximum atomic E-state index is 13.9. The third kappa shape index (κ3) is 6.00. The number of anilines is 1. The molecule has 1 amide bonds. The van der Waals surface area contributed by atoms with Crippen molar-refractivity contribution < 1.29 is 27.1 Å². The number of halogens is 4. The Bertz CT molecular complexity index is 1550. The Morgan fingerprint density at radius 2 is 1.90 bits per heavy atom. The third-order valence-corrected chi connectivity index (χ3v) is 6.88. The topological polar surface area (TPSA) is 67.7 Å². The number of aryl methyl sites for hydroxylation is 2. The molecule has 0 saturated heterocycles. The van der Waals surface area contributed by atoms with E-state index in [9.17, 15) is 22.4 Å². The number of fused-ring (bicyclic) bond motifs is 1. The van der Waals surface area contributed by atoms with Crippen molar-refractivity contribution >= 4 is 17.2 Å². The molecule has 0 bridgehead atoms. The number of imidazole rings is 1. The lowest BCUT2D eigenvalue weighted by Gasteiger charge is -2.15. The number of benzene rings is 2. The van der Waals surface area contributed by atoms with E-state index in [0.717, 1.165) is 17.5 Å². The lowest BCUT2D eigenvalue weighted by molar-refractivity contribution is -0.131. The van der Waals surface area contributed by atoms with E-state index in [2.05, 4.69) is 22.5 Å². The van der Waals surface area contributed by atoms with Crippen LogP contribution < -0.4 is 15.4 Å². The van der Waals surface area contributed by atoms with Gasteiger partial charge in [-0.3, -0.25) is 9.20 Å². The lowest BCUT2D eigenvalue weighted by Crippen LogP contribution is -2.27. The number of nitrogens with zero attached hydrogens (tertiary/aromatic N) is 2. The van der Waals surface area contributed by atoms with Gasteiger partial charge in [0.2, 0.25) is 0 Å². The van der Waals surface area contributed by atoms with Crippen LogP contribution in [0.4, 0.5) is 23.2 Å². The largest absolute Gasteiger partial charge is 0.455 e. The van der Waals surface area contributed by atoms with Crippen molar-refractivity contribution in [1.29, 1.82) is 0 Å². The van der Waals surface area contributed by atoms with Crippen LogP contribution in [0.25, 0.3) is 16.9 Å². The maximum Gasteiger partial charge on any atom is 0.390 e. The zero-order valence-corrected chi connectivity index (χ0v) is 21.7. The van der Waals surface area contributed by atoms with Crippen molar-refractivity contribution in [1.82, 2.24) is 14.7 Å². The molecular weight excluding hydrogens is 512 g/mol. The van der Waals surface area contributed by atoms with Crippen LogP contribution in [0, 0.1) is 25.6 Å². The normalized spacial score (nSPS) is 16.8. The second-order valence-electron chi connectivity index (χ2n) is 10.1. The molecule has 2 aromatic heterocycles. The molecule has 5 rings (SSSR count). The van der Waals surface area contributed by atoms with E-state index in [0.29, 0.717) is 34.1 Å². The zero-order valence-electron chi connectivity index (χ0n) is 21.7. The Balaban J connectivity index is 1.51. The fraction of sp³-hybridized carbons (Fsp3) is 0.310. The van der Waals surface area contributed by atoms with E-state index in [1.807, 2.05) is 19.1 Å². The van der Waals surface area contributed by atoms with Gasteiger partial charge in [-0.2, -0.15) is 13.2 Å². The van der Waals surface area contributed by atoms with Crippen LogP contribution in [0.2, 0.25) is 0 Å². The molecule has 0 radical (unpaired) electrons. The SMILES string of the molecule is Cc1ccc(F)cc1Oc1cc(NCCC(F)(F)F)c2ncc(-c3ccc(C(=O)N[C@@H]4C[C@H]4C)c(C)c3)n2c1. The molecule has 2 atom stereocenters. The van der Waals surface area contributed by atoms with Crippen LogP contribution in [-0.4, -0.2) is 34.1 Å². The second kappa shape index (κ2) is 10.2. The molecule has 1 saturated carbocycles. The molecule has 10 heteroatoms. The Kier molecular flexibility index (Phi) is 6.96. The summed E-state index contributed by atoms with van der Waals surface area (Å²) >= 11 is 0. The van der Waals surface area contributed by atoms with Crippen molar-refractivity contribution in [3.63, 3.8) is 0 Å². The standard InChI is InChI=1S/C29H28F4N4O2/c1-16-4-6-20(30)12-26(16)39-21-13-24(34-9-8-29(31,32)33)27-35-14-25(37(27)15-21)19-5-7-22(17(2)10-19)28(38)36-23-11-18(23)3/h4-7,10,12-15,18,23,34H,8-9,11H2,1-3H3,(H,36,38)/t18-,23-/m1/s1. The van der Waals surface area contributed by atoms with E-state index in [4.69, 9.17) is 4.74 Å². The van der Waals surface area contributed by atoms with E-state index in [1.165, 1.54) is 12.1 Å². The number of ether oxygens (including phenoxy) is 1. The summed E-state index contributed by atoms with van der Waals surface area (Å²) in [5.74, 6) is 0.464. The smallest absolute Gasteiger partial charge is 0.390 e. The summed E-state index contributed by atoms with van der Waals surface area (Å²) < 4.78 is 60.0. The number of hydrogen-bond acceptors (Lipinski definition) is 4. The Morgan fingerprint density at radius 3 is 2.59 bits per heavy atom. The van der Waals surface area contributed by atoms with Crippen molar-refractivity contribution in [2.75, 3.05) is 11.9 Å². The number of rotatable bonds is 8. The molecule has 4 aromatic rings. The minimum absolute atomic E-state index is 0.121. The minimum Gasteiger partial charge on any atom is -0.455 e. The summed E-state index contributed by atoms with van der Waals surface area (Å²) in [6.07, 6.45) is -1.10. The molecule has 2 N–H and O–H groups in total. The predicted octanol–water partition coefficient (Wildman–Crippen LogP) is 7.05. The van der Waals surface area contributed by atoms with Gasteiger partial charge in [0.25, 0.3) is 5.91 Å². The van der Waals surface area contributed by atoms with Gasteiger partial charge in [-0.25, -0.2) is 9.37 Å². The molecule has 2 aromatic carbocycles. The maximum absolute atomic E-state index is 13.9. The molecule has 1 fully saturated rings. The Morgan fingerprint density at radius 1 is 1.13 bits per heavy atom. The van der Waals surface area contributed by atoms with Gasteiger partial charge in [0.1, 0.15) is 17.3 Å². The first kappa shape index (κ1) is 26.5. The summed E-state index contributed by atoms with van der Waals surface area (Å²) in [7, 11) is 0. The van der Waals surface area contributed by atoms with Crippen molar-refractivity contribution in [2.45, 2.75) is 45.8 Å². The zero-order chi connectivity index (χ0) is 27.9. The number of carbonyl (C=O) groups excluding carboxylic acids is 1. The van der Waals surface area contributed by atoms with E-state index >= 15 is 0 Å². The van der Waals surface area contributed by atoms with Gasteiger partial charge >= 0.3 is 6.18 Å². The van der Waals surface area contributed by atoms with Gasteiger partial charge in [-0.15, -0.1) is 0 Å². The average molecular weight is 541 g/mol. The minimum atomic E-state index is -4.32. The molecule has 204 valence electrons. The first-order valence-electron chi connectivity index (χ1n) is 12.7.